The second-order valence-corrected chi connectivity index (χ2v) is 11.0. The quantitative estimate of drug-likeness (QED) is 0.112. The van der Waals surface area contributed by atoms with E-state index in [0.717, 1.165) is 16.7 Å². The number of nitrogens with zero attached hydrogens (tertiary/aromatic N) is 1. The fourth-order valence-electron chi connectivity index (χ4n) is 5.00. The first-order valence-electron chi connectivity index (χ1n) is 14.7. The van der Waals surface area contributed by atoms with Gasteiger partial charge in [0.25, 0.3) is 5.91 Å². The van der Waals surface area contributed by atoms with E-state index >= 15 is 0 Å². The van der Waals surface area contributed by atoms with Crippen LogP contribution in [0.1, 0.15) is 41.2 Å². The number of ether oxygens (including phenoxy) is 3. The molecule has 3 N–H and O–H groups in total. The summed E-state index contributed by atoms with van der Waals surface area (Å²) < 4.78 is 17.8. The minimum absolute atomic E-state index is 0.0613. The van der Waals surface area contributed by atoms with E-state index in [2.05, 4.69) is 10.9 Å². The van der Waals surface area contributed by atoms with Crippen LogP contribution in [0.5, 0.6) is 11.5 Å². The molecule has 0 aromatic heterocycles. The van der Waals surface area contributed by atoms with Crippen LogP contribution in [0, 0.1) is 0 Å². The summed E-state index contributed by atoms with van der Waals surface area (Å²) in [7, 11) is 1.60. The Morgan fingerprint density at radius 3 is 2.51 bits per heavy atom. The number of aliphatic imine (C=N–C) groups is 1. The summed E-state index contributed by atoms with van der Waals surface area (Å²) in [4.78, 5) is 19.3. The number of benzene rings is 4. The summed E-state index contributed by atoms with van der Waals surface area (Å²) in [6.07, 6.45) is 3.96. The smallest absolute Gasteiger partial charge is 0.266 e. The van der Waals surface area contributed by atoms with Crippen LogP contribution in [-0.2, 0) is 16.1 Å². The lowest BCUT2D eigenvalue weighted by molar-refractivity contribution is -0.129. The van der Waals surface area contributed by atoms with Gasteiger partial charge in [-0.25, -0.2) is 10.4 Å². The van der Waals surface area contributed by atoms with E-state index in [1.807, 2.05) is 103 Å². The molecule has 232 valence electrons. The number of aliphatic hydroxyl groups excluding tert-OH is 1. The van der Waals surface area contributed by atoms with Crippen molar-refractivity contribution in [1.82, 2.24) is 10.9 Å². The number of methoxy groups -OCH3 is 1. The van der Waals surface area contributed by atoms with Crippen LogP contribution >= 0.6 is 11.6 Å². The number of hydrogen-bond acceptors (Lipinski definition) is 7. The van der Waals surface area contributed by atoms with Gasteiger partial charge >= 0.3 is 0 Å². The van der Waals surface area contributed by atoms with Crippen LogP contribution in [0.2, 0.25) is 5.02 Å². The van der Waals surface area contributed by atoms with E-state index in [4.69, 9.17) is 35.9 Å². The summed E-state index contributed by atoms with van der Waals surface area (Å²) in [6.45, 7) is 0.856. The summed E-state index contributed by atoms with van der Waals surface area (Å²) in [5.41, 5.74) is 8.01. The zero-order chi connectivity index (χ0) is 31.5. The second-order valence-electron chi connectivity index (χ2n) is 10.5. The van der Waals surface area contributed by atoms with Gasteiger partial charge in [-0.2, -0.15) is 0 Å². The maximum absolute atomic E-state index is 14.3. The number of rotatable bonds is 14. The third-order valence-corrected chi connectivity index (χ3v) is 7.63. The summed E-state index contributed by atoms with van der Waals surface area (Å²) in [5, 5.41) is 9.70. The highest BCUT2D eigenvalue weighted by Gasteiger charge is 2.52. The lowest BCUT2D eigenvalue weighted by Crippen LogP contribution is -2.52. The van der Waals surface area contributed by atoms with E-state index in [1.165, 1.54) is 0 Å². The van der Waals surface area contributed by atoms with Crippen molar-refractivity contribution in [2.45, 2.75) is 31.0 Å². The maximum Gasteiger partial charge on any atom is 0.266 e. The molecule has 1 heterocycles. The Labute approximate surface area is 268 Å². The molecule has 5 rings (SSSR count). The Kier molecular flexibility index (Phi) is 10.9. The van der Waals surface area contributed by atoms with Crippen molar-refractivity contribution in [2.75, 3.05) is 20.3 Å². The highest BCUT2D eigenvalue weighted by molar-refractivity contribution is 6.30. The predicted octanol–water partition coefficient (Wildman–Crippen LogP) is 6.29. The topological polar surface area (TPSA) is 101 Å². The van der Waals surface area contributed by atoms with Crippen molar-refractivity contribution in [3.63, 3.8) is 0 Å². The van der Waals surface area contributed by atoms with E-state index in [0.29, 0.717) is 47.6 Å². The average Bonchev–Trinajstić information content (AvgIpc) is 3.47. The normalized spacial score (nSPS) is 17.5. The number of hydrogen-bond donors (Lipinski definition) is 3. The minimum atomic E-state index is -1.36. The third kappa shape index (κ3) is 8.10. The molecule has 1 aliphatic rings. The van der Waals surface area contributed by atoms with E-state index in [-0.39, 0.29) is 18.9 Å². The van der Waals surface area contributed by atoms with Crippen molar-refractivity contribution in [2.24, 2.45) is 4.99 Å². The van der Waals surface area contributed by atoms with Crippen molar-refractivity contribution in [3.05, 3.63) is 136 Å². The SMILES string of the molecule is COc1cccc([C@@H]2OC(c3ccc(OCCCO)cc3)=N[C@]2(C/C=C/c2ccccc2)C(=O)NNCc2ccc(Cl)cc2)c1. The molecule has 0 unspecified atom stereocenters. The van der Waals surface area contributed by atoms with Gasteiger partial charge in [0.15, 0.2) is 11.6 Å². The maximum atomic E-state index is 14.3. The molecule has 1 amide bonds. The number of aliphatic hydroxyl groups is 1. The van der Waals surface area contributed by atoms with Crippen LogP contribution < -0.4 is 20.3 Å². The van der Waals surface area contributed by atoms with Crippen LogP contribution in [0.15, 0.2) is 114 Å². The van der Waals surface area contributed by atoms with Crippen LogP contribution in [0.4, 0.5) is 0 Å². The average molecular weight is 626 g/mol. The van der Waals surface area contributed by atoms with Gasteiger partial charge in [-0.05, 0) is 65.2 Å². The van der Waals surface area contributed by atoms with E-state index in [1.54, 1.807) is 19.2 Å². The molecule has 0 saturated heterocycles. The van der Waals surface area contributed by atoms with Crippen LogP contribution in [0.25, 0.3) is 6.08 Å². The Morgan fingerprint density at radius 2 is 1.78 bits per heavy atom. The van der Waals surface area contributed by atoms with Crippen molar-refractivity contribution >= 4 is 29.5 Å². The molecule has 0 radical (unpaired) electrons. The molecule has 0 fully saturated rings. The molecule has 8 nitrogen and oxygen atoms in total. The molecule has 0 aliphatic carbocycles. The number of halogens is 1. The molecule has 45 heavy (non-hydrogen) atoms. The molecule has 9 heteroatoms. The lowest BCUT2D eigenvalue weighted by atomic mass is 9.84. The molecule has 0 saturated carbocycles. The molecule has 4 aromatic carbocycles. The van der Waals surface area contributed by atoms with Gasteiger partial charge in [0, 0.05) is 36.6 Å². The van der Waals surface area contributed by atoms with Gasteiger partial charge < -0.3 is 19.3 Å². The number of amides is 1. The number of carbonyl (C=O) groups excluding carboxylic acids is 1. The summed E-state index contributed by atoms with van der Waals surface area (Å²) in [6, 6.07) is 32.1. The molecule has 2 atom stereocenters. The fourth-order valence-corrected chi connectivity index (χ4v) is 5.12. The van der Waals surface area contributed by atoms with Crippen molar-refractivity contribution in [1.29, 1.82) is 0 Å². The number of hydrazine groups is 1. The number of carbonyl (C=O) groups is 1. The Bertz CT molecular complexity index is 1610. The first-order chi connectivity index (χ1) is 22.0. The van der Waals surface area contributed by atoms with Gasteiger partial charge in [-0.1, -0.05) is 78.4 Å². The first-order valence-corrected chi connectivity index (χ1v) is 15.1. The van der Waals surface area contributed by atoms with Gasteiger partial charge in [0.05, 0.1) is 13.7 Å². The standard InChI is InChI=1S/C36H36ClN3O5/c1-43-32-12-5-11-29(24-32)33-36(21-6-10-26-8-3-2-4-9-26,35(42)40-38-25-27-13-17-30(37)18-14-27)39-34(45-33)28-15-19-31(20-16-28)44-23-7-22-41/h2-6,8-20,24,33,38,41H,7,21-23,25H2,1H3,(H,40,42)/b10-6+/t33-,36-/m0/s1. The van der Waals surface area contributed by atoms with Crippen LogP contribution in [-0.4, -0.2) is 42.8 Å². The van der Waals surface area contributed by atoms with Gasteiger partial charge in [-0.3, -0.25) is 10.2 Å². The highest BCUT2D eigenvalue weighted by atomic mass is 35.5. The first kappa shape index (κ1) is 31.8. The van der Waals surface area contributed by atoms with Gasteiger partial charge in [-0.15, -0.1) is 0 Å². The van der Waals surface area contributed by atoms with E-state index < -0.39 is 11.6 Å². The largest absolute Gasteiger partial charge is 0.497 e. The van der Waals surface area contributed by atoms with Crippen molar-refractivity contribution < 1.29 is 24.1 Å². The number of nitrogens with one attached hydrogen (secondary N) is 2. The van der Waals surface area contributed by atoms with Crippen molar-refractivity contribution in [3.8, 4) is 11.5 Å². The zero-order valence-corrected chi connectivity index (χ0v) is 25.7. The molecular formula is C36H36ClN3O5. The monoisotopic (exact) mass is 625 g/mol. The second kappa shape index (κ2) is 15.4. The zero-order valence-electron chi connectivity index (χ0n) is 25.0. The van der Waals surface area contributed by atoms with Gasteiger partial charge in [0.1, 0.15) is 11.5 Å². The predicted molar refractivity (Wildman–Crippen MR) is 176 cm³/mol. The molecule has 0 bridgehead atoms. The molecular weight excluding hydrogens is 590 g/mol. The fraction of sp³-hybridized carbons (Fsp3) is 0.222. The highest BCUT2D eigenvalue weighted by Crippen LogP contribution is 2.43. The van der Waals surface area contributed by atoms with E-state index in [9.17, 15) is 4.79 Å². The Morgan fingerprint density at radius 1 is 1.00 bits per heavy atom. The molecule has 1 aliphatic heterocycles. The molecule has 0 spiro atoms. The van der Waals surface area contributed by atoms with Gasteiger partial charge in [0.2, 0.25) is 5.90 Å². The summed E-state index contributed by atoms with van der Waals surface area (Å²) in [5.74, 6) is 1.30. The van der Waals surface area contributed by atoms with Crippen LogP contribution in [0.3, 0.4) is 0 Å². The molecule has 4 aromatic rings. The Balaban J connectivity index is 1.50. The lowest BCUT2D eigenvalue weighted by Gasteiger charge is -2.30. The summed E-state index contributed by atoms with van der Waals surface area (Å²) >= 11 is 6.04. The Hall–Kier alpha value is -4.63. The third-order valence-electron chi connectivity index (χ3n) is 7.37. The minimum Gasteiger partial charge on any atom is -0.497 e.